The zero-order valence-corrected chi connectivity index (χ0v) is 7.54. The monoisotopic (exact) mass is 162 g/mol. The van der Waals surface area contributed by atoms with Crippen molar-refractivity contribution in [3.63, 3.8) is 0 Å². The first-order valence-electron chi connectivity index (χ1n) is 4.01. The predicted octanol–water partition coefficient (Wildman–Crippen LogP) is 1.87. The summed E-state index contributed by atoms with van der Waals surface area (Å²) in [5.41, 5.74) is 7.94. The van der Waals surface area contributed by atoms with Gasteiger partial charge in [0.2, 0.25) is 0 Å². The van der Waals surface area contributed by atoms with Crippen LogP contribution in [0.3, 0.4) is 0 Å². The number of benzene rings is 1. The number of aryl methyl sites for hydroxylation is 1. The molecule has 0 radical (unpaired) electrons. The molecule has 0 heterocycles. The molecule has 0 atom stereocenters. The van der Waals surface area contributed by atoms with E-state index in [1.165, 1.54) is 11.1 Å². The van der Waals surface area contributed by atoms with Crippen LogP contribution in [0.1, 0.15) is 18.1 Å². The van der Waals surface area contributed by atoms with Crippen LogP contribution in [0.4, 0.5) is 0 Å². The van der Waals surface area contributed by atoms with Crippen molar-refractivity contribution in [3.8, 4) is 0 Å². The summed E-state index contributed by atoms with van der Waals surface area (Å²) in [6.45, 7) is 4.57. The zero-order valence-electron chi connectivity index (χ0n) is 7.54. The summed E-state index contributed by atoms with van der Waals surface area (Å²) in [5, 5.41) is 0. The molecule has 0 bridgehead atoms. The van der Waals surface area contributed by atoms with Crippen LogP contribution in [0, 0.1) is 6.92 Å². The first-order valence-corrected chi connectivity index (χ1v) is 4.01. The topological polar surface area (TPSA) is 38.4 Å². The Morgan fingerprint density at radius 3 is 2.67 bits per heavy atom. The number of hydrogen-bond acceptors (Lipinski definition) is 1. The molecule has 2 heteroatoms. The first-order chi connectivity index (χ1) is 5.70. The summed E-state index contributed by atoms with van der Waals surface area (Å²) in [7, 11) is 0. The Labute approximate surface area is 73.1 Å². The number of amidine groups is 1. The van der Waals surface area contributed by atoms with E-state index in [9.17, 15) is 0 Å². The van der Waals surface area contributed by atoms with Gasteiger partial charge in [0.1, 0.15) is 0 Å². The van der Waals surface area contributed by atoms with Crippen LogP contribution in [0.5, 0.6) is 0 Å². The molecular formula is C10H14N2. The van der Waals surface area contributed by atoms with Crippen molar-refractivity contribution < 1.29 is 0 Å². The summed E-state index contributed by atoms with van der Waals surface area (Å²) in [6.07, 6.45) is 0. The highest BCUT2D eigenvalue weighted by Gasteiger charge is 1.93. The summed E-state index contributed by atoms with van der Waals surface area (Å²) in [6, 6.07) is 8.19. The summed E-state index contributed by atoms with van der Waals surface area (Å²) >= 11 is 0. The second-order valence-electron chi connectivity index (χ2n) is 2.88. The van der Waals surface area contributed by atoms with Crippen LogP contribution < -0.4 is 5.73 Å². The standard InChI is InChI=1S/C10H14N2/c1-8-5-3-4-6-10(8)7-12-9(2)11/h3-6H,7H2,1-2H3,(H2,11,12). The normalized spacial score (nSPS) is 11.7. The molecule has 0 unspecified atom stereocenters. The minimum absolute atomic E-state index is 0.637. The average molecular weight is 162 g/mol. The average Bonchev–Trinajstić information content (AvgIpc) is 2.03. The summed E-state index contributed by atoms with van der Waals surface area (Å²) < 4.78 is 0. The van der Waals surface area contributed by atoms with Gasteiger partial charge in [-0.25, -0.2) is 0 Å². The molecule has 12 heavy (non-hydrogen) atoms. The van der Waals surface area contributed by atoms with Crippen LogP contribution in [-0.4, -0.2) is 5.84 Å². The van der Waals surface area contributed by atoms with Gasteiger partial charge in [0.05, 0.1) is 12.4 Å². The maximum absolute atomic E-state index is 5.44. The smallest absolute Gasteiger partial charge is 0.0909 e. The maximum atomic E-state index is 5.44. The molecule has 1 aromatic carbocycles. The molecule has 0 aliphatic heterocycles. The van der Waals surface area contributed by atoms with Gasteiger partial charge >= 0.3 is 0 Å². The Morgan fingerprint density at radius 2 is 2.08 bits per heavy atom. The fraction of sp³-hybridized carbons (Fsp3) is 0.300. The second kappa shape index (κ2) is 3.90. The van der Waals surface area contributed by atoms with Gasteiger partial charge in [-0.05, 0) is 25.0 Å². The minimum atomic E-state index is 0.637. The van der Waals surface area contributed by atoms with E-state index in [2.05, 4.69) is 24.0 Å². The predicted molar refractivity (Wildman–Crippen MR) is 52.2 cm³/mol. The van der Waals surface area contributed by atoms with Gasteiger partial charge in [-0.2, -0.15) is 0 Å². The lowest BCUT2D eigenvalue weighted by Crippen LogP contribution is -2.05. The van der Waals surface area contributed by atoms with Crippen molar-refractivity contribution in [1.82, 2.24) is 0 Å². The van der Waals surface area contributed by atoms with E-state index in [-0.39, 0.29) is 0 Å². The van der Waals surface area contributed by atoms with Crippen molar-refractivity contribution in [3.05, 3.63) is 35.4 Å². The fourth-order valence-electron chi connectivity index (χ4n) is 0.997. The molecule has 0 saturated carbocycles. The number of aliphatic imine (C=N–C) groups is 1. The van der Waals surface area contributed by atoms with E-state index in [4.69, 9.17) is 5.73 Å². The second-order valence-corrected chi connectivity index (χ2v) is 2.88. The van der Waals surface area contributed by atoms with Crippen LogP contribution in [-0.2, 0) is 6.54 Å². The summed E-state index contributed by atoms with van der Waals surface area (Å²) in [4.78, 5) is 4.15. The van der Waals surface area contributed by atoms with Gasteiger partial charge in [0, 0.05) is 0 Å². The lowest BCUT2D eigenvalue weighted by Gasteiger charge is -2.00. The molecule has 0 saturated heterocycles. The Morgan fingerprint density at radius 1 is 1.42 bits per heavy atom. The van der Waals surface area contributed by atoms with Crippen LogP contribution in [0.25, 0.3) is 0 Å². The molecule has 0 spiro atoms. The van der Waals surface area contributed by atoms with Gasteiger partial charge in [0.15, 0.2) is 0 Å². The SMILES string of the molecule is CC(N)=NCc1ccccc1C. The highest BCUT2D eigenvalue weighted by atomic mass is 14.8. The quantitative estimate of drug-likeness (QED) is 0.523. The van der Waals surface area contributed by atoms with Gasteiger partial charge in [-0.1, -0.05) is 24.3 Å². The lowest BCUT2D eigenvalue weighted by molar-refractivity contribution is 1.04. The number of nitrogens with two attached hydrogens (primary N) is 1. The van der Waals surface area contributed by atoms with Crippen LogP contribution >= 0.6 is 0 Å². The summed E-state index contributed by atoms with van der Waals surface area (Å²) in [5.74, 6) is 0.637. The van der Waals surface area contributed by atoms with Crippen molar-refractivity contribution in [2.75, 3.05) is 0 Å². The third-order valence-electron chi connectivity index (χ3n) is 1.76. The number of rotatable bonds is 2. The number of nitrogens with zero attached hydrogens (tertiary/aromatic N) is 1. The van der Waals surface area contributed by atoms with E-state index in [0.717, 1.165) is 0 Å². The van der Waals surface area contributed by atoms with E-state index >= 15 is 0 Å². The van der Waals surface area contributed by atoms with E-state index in [0.29, 0.717) is 12.4 Å². The molecule has 0 aliphatic carbocycles. The molecule has 2 nitrogen and oxygen atoms in total. The van der Waals surface area contributed by atoms with E-state index in [1.807, 2.05) is 12.1 Å². The Hall–Kier alpha value is -1.31. The maximum Gasteiger partial charge on any atom is 0.0909 e. The van der Waals surface area contributed by atoms with Crippen molar-refractivity contribution in [2.45, 2.75) is 20.4 Å². The Balaban J connectivity index is 2.76. The van der Waals surface area contributed by atoms with Crippen LogP contribution in [0.2, 0.25) is 0 Å². The van der Waals surface area contributed by atoms with Crippen LogP contribution in [0.15, 0.2) is 29.3 Å². The first kappa shape index (κ1) is 8.78. The van der Waals surface area contributed by atoms with Gasteiger partial charge < -0.3 is 5.73 Å². The Bertz CT molecular complexity index is 286. The highest BCUT2D eigenvalue weighted by Crippen LogP contribution is 2.07. The molecule has 0 aromatic heterocycles. The zero-order chi connectivity index (χ0) is 8.97. The molecule has 0 amide bonds. The van der Waals surface area contributed by atoms with Crippen molar-refractivity contribution >= 4 is 5.84 Å². The van der Waals surface area contributed by atoms with Crippen molar-refractivity contribution in [1.29, 1.82) is 0 Å². The molecule has 64 valence electrons. The molecule has 2 N–H and O–H groups in total. The van der Waals surface area contributed by atoms with E-state index < -0.39 is 0 Å². The van der Waals surface area contributed by atoms with Crippen molar-refractivity contribution in [2.24, 2.45) is 10.7 Å². The Kier molecular flexibility index (Phi) is 2.86. The molecular weight excluding hydrogens is 148 g/mol. The number of hydrogen-bond donors (Lipinski definition) is 1. The molecule has 1 aromatic rings. The van der Waals surface area contributed by atoms with Gasteiger partial charge in [0.25, 0.3) is 0 Å². The third-order valence-corrected chi connectivity index (χ3v) is 1.76. The molecule has 1 rings (SSSR count). The largest absolute Gasteiger partial charge is 0.388 e. The minimum Gasteiger partial charge on any atom is -0.388 e. The molecule has 0 fully saturated rings. The fourth-order valence-corrected chi connectivity index (χ4v) is 0.997. The third kappa shape index (κ3) is 2.38. The highest BCUT2D eigenvalue weighted by molar-refractivity contribution is 5.77. The lowest BCUT2D eigenvalue weighted by atomic mass is 10.1. The van der Waals surface area contributed by atoms with Gasteiger partial charge in [-0.15, -0.1) is 0 Å². The van der Waals surface area contributed by atoms with E-state index in [1.54, 1.807) is 6.92 Å². The molecule has 0 aliphatic rings. The van der Waals surface area contributed by atoms with Gasteiger partial charge in [-0.3, -0.25) is 4.99 Å².